The molecule has 0 bridgehead atoms. The zero-order valence-electron chi connectivity index (χ0n) is 13.0. The van der Waals surface area contributed by atoms with Crippen LogP contribution in [0.1, 0.15) is 53.9 Å². The van der Waals surface area contributed by atoms with Gasteiger partial charge >= 0.3 is 0 Å². The van der Waals surface area contributed by atoms with Gasteiger partial charge in [-0.1, -0.05) is 39.8 Å². The number of nitrogens with zero attached hydrogens (tertiary/aromatic N) is 1. The quantitative estimate of drug-likeness (QED) is 0.179. The maximum Gasteiger partial charge on any atom is 0.144 e. The minimum Gasteiger partial charge on any atom is -0.409 e. The van der Waals surface area contributed by atoms with Crippen molar-refractivity contribution < 1.29 is 10.3 Å². The fraction of sp³-hybridized carbons (Fsp3) is 0.929. The number of rotatable bonds is 8. The highest BCUT2D eigenvalue weighted by atomic mass is 16.4. The monoisotopic (exact) mass is 273 g/mol. The van der Waals surface area contributed by atoms with E-state index in [4.69, 9.17) is 16.0 Å². The van der Waals surface area contributed by atoms with Crippen LogP contribution >= 0.6 is 0 Å². The molecule has 5 N–H and O–H groups in total. The molecule has 0 saturated heterocycles. The molecule has 0 aromatic rings. The van der Waals surface area contributed by atoms with Crippen LogP contribution in [0.15, 0.2) is 5.16 Å². The summed E-state index contributed by atoms with van der Waals surface area (Å²) in [6.45, 7) is 11.5. The van der Waals surface area contributed by atoms with Crippen molar-refractivity contribution in [3.05, 3.63) is 0 Å². The Balaban J connectivity index is 4.15. The largest absolute Gasteiger partial charge is 0.409 e. The molecule has 5 heteroatoms. The predicted molar refractivity (Wildman–Crippen MR) is 79.4 cm³/mol. The second-order valence-corrected chi connectivity index (χ2v) is 6.86. The molecule has 1 atom stereocenters. The number of nitrogens with one attached hydrogen (secondary N) is 1. The van der Waals surface area contributed by atoms with E-state index in [0.717, 1.165) is 25.8 Å². The van der Waals surface area contributed by atoms with Crippen LogP contribution in [0.3, 0.4) is 0 Å². The summed E-state index contributed by atoms with van der Waals surface area (Å²) in [7, 11) is 0. The number of hydrogen-bond donors (Lipinski definition) is 4. The SMILES string of the molecule is CC(C)(CCCNC(CCO)C(C)(C)C)C(N)=NO. The van der Waals surface area contributed by atoms with Crippen LogP contribution in [-0.4, -0.2) is 35.3 Å². The van der Waals surface area contributed by atoms with Crippen LogP contribution in [0.5, 0.6) is 0 Å². The molecule has 0 fully saturated rings. The maximum atomic E-state index is 9.09. The topological polar surface area (TPSA) is 90.9 Å². The standard InChI is InChI=1S/C14H31N3O2/c1-13(2,3)11(7-10-18)16-9-6-8-14(4,5)12(15)17-19/h11,16,18-19H,6-10H2,1-5H3,(H2,15,17). The minimum absolute atomic E-state index is 0.129. The average molecular weight is 273 g/mol. The lowest BCUT2D eigenvalue weighted by molar-refractivity contribution is 0.196. The number of amidine groups is 1. The molecular weight excluding hydrogens is 242 g/mol. The van der Waals surface area contributed by atoms with Gasteiger partial charge in [-0.25, -0.2) is 0 Å². The van der Waals surface area contributed by atoms with E-state index in [1.807, 2.05) is 13.8 Å². The number of oxime groups is 1. The van der Waals surface area contributed by atoms with Gasteiger partial charge in [0.25, 0.3) is 0 Å². The molecule has 114 valence electrons. The van der Waals surface area contributed by atoms with E-state index in [1.165, 1.54) is 0 Å². The maximum absolute atomic E-state index is 9.09. The normalized spacial score (nSPS) is 15.6. The second-order valence-electron chi connectivity index (χ2n) is 6.86. The first-order chi connectivity index (χ1) is 8.65. The van der Waals surface area contributed by atoms with Gasteiger partial charge in [0.2, 0.25) is 0 Å². The third-order valence-electron chi connectivity index (χ3n) is 3.63. The van der Waals surface area contributed by atoms with Crippen LogP contribution in [-0.2, 0) is 0 Å². The molecule has 5 nitrogen and oxygen atoms in total. The third-order valence-corrected chi connectivity index (χ3v) is 3.63. The van der Waals surface area contributed by atoms with Crippen LogP contribution in [0.4, 0.5) is 0 Å². The molecule has 19 heavy (non-hydrogen) atoms. The van der Waals surface area contributed by atoms with Gasteiger partial charge in [0, 0.05) is 18.1 Å². The first-order valence-corrected chi connectivity index (χ1v) is 6.97. The lowest BCUT2D eigenvalue weighted by Crippen LogP contribution is -2.42. The van der Waals surface area contributed by atoms with Gasteiger partial charge in [0.1, 0.15) is 5.84 Å². The fourth-order valence-electron chi connectivity index (χ4n) is 2.04. The summed E-state index contributed by atoms with van der Waals surface area (Å²) in [5, 5.41) is 24.4. The molecule has 0 aromatic heterocycles. The number of nitrogens with two attached hydrogens (primary N) is 1. The molecule has 0 aliphatic heterocycles. The van der Waals surface area contributed by atoms with E-state index < -0.39 is 0 Å². The van der Waals surface area contributed by atoms with Crippen molar-refractivity contribution in [2.24, 2.45) is 21.7 Å². The highest BCUT2D eigenvalue weighted by molar-refractivity contribution is 5.85. The molecule has 0 amide bonds. The van der Waals surface area contributed by atoms with Crippen LogP contribution in [0.2, 0.25) is 0 Å². The van der Waals surface area contributed by atoms with Crippen LogP contribution < -0.4 is 11.1 Å². The molecule has 1 unspecified atom stereocenters. The lowest BCUT2D eigenvalue weighted by atomic mass is 9.84. The highest BCUT2D eigenvalue weighted by Gasteiger charge is 2.25. The van der Waals surface area contributed by atoms with Crippen molar-refractivity contribution >= 4 is 5.84 Å². The Kier molecular flexibility index (Phi) is 7.37. The molecule has 0 aliphatic carbocycles. The number of aliphatic hydroxyl groups excluding tert-OH is 1. The van der Waals surface area contributed by atoms with Crippen LogP contribution in [0, 0.1) is 10.8 Å². The molecule has 0 rings (SSSR count). The van der Waals surface area contributed by atoms with Crippen molar-refractivity contribution in [3.63, 3.8) is 0 Å². The molecule has 0 radical (unpaired) electrons. The van der Waals surface area contributed by atoms with Crippen molar-refractivity contribution in [1.82, 2.24) is 5.32 Å². The van der Waals surface area contributed by atoms with Gasteiger partial charge in [-0.2, -0.15) is 0 Å². The third kappa shape index (κ3) is 6.78. The van der Waals surface area contributed by atoms with E-state index in [2.05, 4.69) is 31.2 Å². The Bertz CT molecular complexity index is 283. The summed E-state index contributed by atoms with van der Waals surface area (Å²) in [6.07, 6.45) is 2.56. The van der Waals surface area contributed by atoms with Gasteiger partial charge < -0.3 is 21.4 Å². The van der Waals surface area contributed by atoms with E-state index >= 15 is 0 Å². The Morgan fingerprint density at radius 2 is 1.84 bits per heavy atom. The van der Waals surface area contributed by atoms with Gasteiger partial charge in [-0.05, 0) is 31.2 Å². The number of aliphatic hydroxyl groups is 1. The van der Waals surface area contributed by atoms with E-state index in [1.54, 1.807) is 0 Å². The van der Waals surface area contributed by atoms with E-state index in [-0.39, 0.29) is 23.3 Å². The summed E-state index contributed by atoms with van der Waals surface area (Å²) >= 11 is 0. The summed E-state index contributed by atoms with van der Waals surface area (Å²) in [4.78, 5) is 0. The van der Waals surface area contributed by atoms with Gasteiger partial charge in [-0.3, -0.25) is 0 Å². The van der Waals surface area contributed by atoms with Crippen molar-refractivity contribution in [1.29, 1.82) is 0 Å². The summed E-state index contributed by atoms with van der Waals surface area (Å²) < 4.78 is 0. The van der Waals surface area contributed by atoms with Crippen LogP contribution in [0.25, 0.3) is 0 Å². The molecule has 0 aromatic carbocycles. The zero-order valence-corrected chi connectivity index (χ0v) is 13.0. The Morgan fingerprint density at radius 3 is 2.26 bits per heavy atom. The van der Waals surface area contributed by atoms with Crippen molar-refractivity contribution in [3.8, 4) is 0 Å². The average Bonchev–Trinajstić information content (AvgIpc) is 2.30. The van der Waals surface area contributed by atoms with Gasteiger partial charge in [0.15, 0.2) is 0 Å². The first-order valence-electron chi connectivity index (χ1n) is 6.97. The molecule has 0 aliphatic rings. The van der Waals surface area contributed by atoms with E-state index in [0.29, 0.717) is 6.04 Å². The fourth-order valence-corrected chi connectivity index (χ4v) is 2.04. The van der Waals surface area contributed by atoms with Gasteiger partial charge in [0.05, 0.1) is 0 Å². The second kappa shape index (κ2) is 7.70. The van der Waals surface area contributed by atoms with Crippen molar-refractivity contribution in [2.75, 3.05) is 13.2 Å². The molecule has 0 spiro atoms. The molecule has 0 saturated carbocycles. The van der Waals surface area contributed by atoms with E-state index in [9.17, 15) is 0 Å². The number of hydrogen-bond acceptors (Lipinski definition) is 4. The summed E-state index contributed by atoms with van der Waals surface area (Å²) in [6, 6.07) is 0.296. The predicted octanol–water partition coefficient (Wildman–Crippen LogP) is 1.93. The highest BCUT2D eigenvalue weighted by Crippen LogP contribution is 2.24. The molecular formula is C14H31N3O2. The Morgan fingerprint density at radius 1 is 1.26 bits per heavy atom. The van der Waals surface area contributed by atoms with Crippen molar-refractivity contribution in [2.45, 2.75) is 59.9 Å². The minimum atomic E-state index is -0.287. The smallest absolute Gasteiger partial charge is 0.144 e. The summed E-state index contributed by atoms with van der Waals surface area (Å²) in [5.41, 5.74) is 5.50. The summed E-state index contributed by atoms with van der Waals surface area (Å²) in [5.74, 6) is 0.273. The zero-order chi connectivity index (χ0) is 15.1. The Hall–Kier alpha value is -0.810. The van der Waals surface area contributed by atoms with Gasteiger partial charge in [-0.15, -0.1) is 0 Å². The molecule has 0 heterocycles. The Labute approximate surface area is 117 Å². The first kappa shape index (κ1) is 18.2. The lowest BCUT2D eigenvalue weighted by Gasteiger charge is -2.32.